The van der Waals surface area contributed by atoms with E-state index in [4.69, 9.17) is 9.47 Å². The van der Waals surface area contributed by atoms with Gasteiger partial charge < -0.3 is 9.47 Å². The van der Waals surface area contributed by atoms with Gasteiger partial charge in [0.05, 0.1) is 13.8 Å². The van der Waals surface area contributed by atoms with E-state index in [1.807, 2.05) is 0 Å². The third-order valence-electron chi connectivity index (χ3n) is 2.25. The van der Waals surface area contributed by atoms with Crippen LogP contribution in [0.4, 0.5) is 4.39 Å². The molecule has 0 spiro atoms. The van der Waals surface area contributed by atoms with Crippen LogP contribution in [0.1, 0.15) is 11.7 Å². The van der Waals surface area contributed by atoms with Crippen LogP contribution in [0.3, 0.4) is 0 Å². The fourth-order valence-electron chi connectivity index (χ4n) is 1.57. The fourth-order valence-corrected chi connectivity index (χ4v) is 1.57. The smallest absolute Gasteiger partial charge is 0.124 e. The summed E-state index contributed by atoms with van der Waals surface area (Å²) in [5, 5.41) is 3.04. The molecule has 1 fully saturated rings. The minimum Gasteiger partial charge on any atom is -0.496 e. The van der Waals surface area contributed by atoms with Gasteiger partial charge in [-0.15, -0.1) is 0 Å². The third kappa shape index (κ3) is 1.71. The van der Waals surface area contributed by atoms with Crippen LogP contribution in [0.5, 0.6) is 5.75 Å². The molecule has 1 aliphatic heterocycles. The van der Waals surface area contributed by atoms with Gasteiger partial charge in [-0.25, -0.2) is 4.39 Å². The zero-order valence-corrected chi connectivity index (χ0v) is 7.92. The second-order valence-electron chi connectivity index (χ2n) is 3.14. The maximum Gasteiger partial charge on any atom is 0.124 e. The van der Waals surface area contributed by atoms with Gasteiger partial charge in [0.15, 0.2) is 0 Å². The molecule has 0 saturated carbocycles. The van der Waals surface area contributed by atoms with Gasteiger partial charge in [-0.2, -0.15) is 0 Å². The monoisotopic (exact) mass is 197 g/mol. The summed E-state index contributed by atoms with van der Waals surface area (Å²) in [5.74, 6) is 0.399. The Bertz CT molecular complexity index is 324. The van der Waals surface area contributed by atoms with Crippen LogP contribution in [-0.4, -0.2) is 20.4 Å². The van der Waals surface area contributed by atoms with Crippen LogP contribution in [0.2, 0.25) is 0 Å². The predicted octanol–water partition coefficient (Wildman–Crippen LogP) is 1.45. The van der Waals surface area contributed by atoms with Crippen LogP contribution >= 0.6 is 0 Å². The van der Waals surface area contributed by atoms with Crippen molar-refractivity contribution in [2.45, 2.75) is 6.10 Å². The zero-order chi connectivity index (χ0) is 9.97. The van der Waals surface area contributed by atoms with Gasteiger partial charge in [-0.1, -0.05) is 0 Å². The number of hydrogen-bond acceptors (Lipinski definition) is 3. The molecule has 1 atom stereocenters. The van der Waals surface area contributed by atoms with Crippen molar-refractivity contribution in [1.29, 1.82) is 0 Å². The van der Waals surface area contributed by atoms with Gasteiger partial charge in [-0.05, 0) is 18.2 Å². The summed E-state index contributed by atoms with van der Waals surface area (Å²) >= 11 is 0. The first-order valence-corrected chi connectivity index (χ1v) is 4.47. The maximum atomic E-state index is 13.0. The van der Waals surface area contributed by atoms with Crippen molar-refractivity contribution < 1.29 is 13.9 Å². The quantitative estimate of drug-likeness (QED) is 0.778. The molecule has 1 aliphatic rings. The van der Waals surface area contributed by atoms with Crippen molar-refractivity contribution in [3.63, 3.8) is 0 Å². The molecule has 1 heterocycles. The molecular formula is C10H12FNO2. The average molecular weight is 197 g/mol. The lowest BCUT2D eigenvalue weighted by Gasteiger charge is -2.13. The normalized spacial score (nSPS) is 21.1. The van der Waals surface area contributed by atoms with Crippen molar-refractivity contribution in [2.75, 3.05) is 20.4 Å². The van der Waals surface area contributed by atoms with Crippen LogP contribution in [0.25, 0.3) is 0 Å². The van der Waals surface area contributed by atoms with Crippen LogP contribution in [0.15, 0.2) is 18.2 Å². The Hall–Kier alpha value is -1.13. The Kier molecular flexibility index (Phi) is 2.65. The number of halogens is 1. The topological polar surface area (TPSA) is 30.5 Å². The highest BCUT2D eigenvalue weighted by molar-refractivity contribution is 5.36. The van der Waals surface area contributed by atoms with Crippen LogP contribution in [-0.2, 0) is 4.74 Å². The molecule has 0 radical (unpaired) electrons. The Morgan fingerprint density at radius 3 is 3.07 bits per heavy atom. The molecule has 0 aliphatic carbocycles. The van der Waals surface area contributed by atoms with Gasteiger partial charge in [-0.3, -0.25) is 5.32 Å². The van der Waals surface area contributed by atoms with Gasteiger partial charge in [0, 0.05) is 12.1 Å². The highest BCUT2D eigenvalue weighted by Crippen LogP contribution is 2.29. The SMILES string of the molecule is COc1ccc(F)cc1C1CNCO1. The molecule has 76 valence electrons. The molecule has 14 heavy (non-hydrogen) atoms. The van der Waals surface area contributed by atoms with E-state index in [2.05, 4.69) is 5.32 Å². The highest BCUT2D eigenvalue weighted by atomic mass is 19.1. The van der Waals surface area contributed by atoms with E-state index in [0.717, 1.165) is 5.56 Å². The van der Waals surface area contributed by atoms with Crippen molar-refractivity contribution in [2.24, 2.45) is 0 Å². The first kappa shape index (κ1) is 9.43. The highest BCUT2D eigenvalue weighted by Gasteiger charge is 2.21. The van der Waals surface area contributed by atoms with Gasteiger partial charge in [0.1, 0.15) is 17.7 Å². The standard InChI is InChI=1S/C10H12FNO2/c1-13-9-3-2-7(11)4-8(9)10-5-12-6-14-10/h2-4,10,12H,5-6H2,1H3. The lowest BCUT2D eigenvalue weighted by atomic mass is 10.1. The molecular weight excluding hydrogens is 185 g/mol. The van der Waals surface area contributed by atoms with E-state index in [9.17, 15) is 4.39 Å². The number of methoxy groups -OCH3 is 1. The minimum atomic E-state index is -0.267. The summed E-state index contributed by atoms with van der Waals surface area (Å²) in [5.41, 5.74) is 0.762. The average Bonchev–Trinajstić information content (AvgIpc) is 2.70. The number of ether oxygens (including phenoxy) is 2. The first-order valence-electron chi connectivity index (χ1n) is 4.47. The molecule has 0 aromatic heterocycles. The predicted molar refractivity (Wildman–Crippen MR) is 49.6 cm³/mol. The molecule has 1 aromatic carbocycles. The van der Waals surface area contributed by atoms with E-state index in [1.54, 1.807) is 13.2 Å². The number of hydrogen-bond donors (Lipinski definition) is 1. The molecule has 4 heteroatoms. The summed E-state index contributed by atoms with van der Waals surface area (Å²) in [6.45, 7) is 1.20. The van der Waals surface area contributed by atoms with E-state index in [1.165, 1.54) is 12.1 Å². The fraction of sp³-hybridized carbons (Fsp3) is 0.400. The molecule has 3 nitrogen and oxygen atoms in total. The Balaban J connectivity index is 2.33. The molecule has 0 amide bonds. The minimum absolute atomic E-state index is 0.111. The zero-order valence-electron chi connectivity index (χ0n) is 7.92. The van der Waals surface area contributed by atoms with E-state index < -0.39 is 0 Å². The summed E-state index contributed by atoms with van der Waals surface area (Å²) in [6.07, 6.45) is -0.111. The van der Waals surface area contributed by atoms with E-state index >= 15 is 0 Å². The maximum absolute atomic E-state index is 13.0. The van der Waals surface area contributed by atoms with Crippen molar-refractivity contribution >= 4 is 0 Å². The Labute approximate surface area is 81.8 Å². The van der Waals surface area contributed by atoms with Crippen molar-refractivity contribution in [3.8, 4) is 5.75 Å². The summed E-state index contributed by atoms with van der Waals surface area (Å²) in [7, 11) is 1.57. The van der Waals surface area contributed by atoms with Crippen LogP contribution < -0.4 is 10.1 Å². The molecule has 1 aromatic rings. The van der Waals surface area contributed by atoms with Crippen molar-refractivity contribution in [3.05, 3.63) is 29.6 Å². The molecule has 1 saturated heterocycles. The summed E-state index contributed by atoms with van der Waals surface area (Å²) in [4.78, 5) is 0. The second kappa shape index (κ2) is 3.94. The van der Waals surface area contributed by atoms with Crippen molar-refractivity contribution in [1.82, 2.24) is 5.32 Å². The molecule has 1 unspecified atom stereocenters. The molecule has 2 rings (SSSR count). The summed E-state index contributed by atoms with van der Waals surface area (Å²) < 4.78 is 23.5. The van der Waals surface area contributed by atoms with E-state index in [0.29, 0.717) is 19.0 Å². The third-order valence-corrected chi connectivity index (χ3v) is 2.25. The first-order chi connectivity index (χ1) is 6.81. The summed E-state index contributed by atoms with van der Waals surface area (Å²) in [6, 6.07) is 4.45. The van der Waals surface area contributed by atoms with Gasteiger partial charge >= 0.3 is 0 Å². The van der Waals surface area contributed by atoms with Crippen LogP contribution in [0, 0.1) is 5.82 Å². The number of benzene rings is 1. The second-order valence-corrected chi connectivity index (χ2v) is 3.14. The van der Waals surface area contributed by atoms with Gasteiger partial charge in [0.2, 0.25) is 0 Å². The largest absolute Gasteiger partial charge is 0.496 e. The Morgan fingerprint density at radius 2 is 2.43 bits per heavy atom. The lowest BCUT2D eigenvalue weighted by Crippen LogP contribution is -2.09. The molecule has 0 bridgehead atoms. The van der Waals surface area contributed by atoms with E-state index in [-0.39, 0.29) is 11.9 Å². The molecule has 1 N–H and O–H groups in total. The lowest BCUT2D eigenvalue weighted by molar-refractivity contribution is 0.112. The number of rotatable bonds is 2. The number of nitrogens with one attached hydrogen (secondary N) is 1. The van der Waals surface area contributed by atoms with Gasteiger partial charge in [0.25, 0.3) is 0 Å². The Morgan fingerprint density at radius 1 is 1.57 bits per heavy atom.